The van der Waals surface area contributed by atoms with Gasteiger partial charge in [0.05, 0.1) is 0 Å². The van der Waals surface area contributed by atoms with Gasteiger partial charge in [-0.2, -0.15) is 17.5 Å². The number of rotatable bonds is 6. The summed E-state index contributed by atoms with van der Waals surface area (Å²) in [7, 11) is -3.72. The van der Waals surface area contributed by atoms with Crippen molar-refractivity contribution < 1.29 is 26.4 Å². The van der Waals surface area contributed by atoms with Crippen LogP contribution in [0.2, 0.25) is 0 Å². The molecular weight excluding hydrogens is 502 g/mol. The number of halogens is 4. The molecule has 3 N–H and O–H groups in total. The Balaban J connectivity index is 0.00000676. The van der Waals surface area contributed by atoms with Gasteiger partial charge in [-0.05, 0) is 12.8 Å². The number of guanidine groups is 1. The van der Waals surface area contributed by atoms with Gasteiger partial charge in [-0.15, -0.1) is 24.0 Å². The molecule has 0 radical (unpaired) electrons. The number of sulfonamides is 1. The second-order valence-corrected chi connectivity index (χ2v) is 8.14. The molecule has 1 saturated heterocycles. The van der Waals surface area contributed by atoms with E-state index in [2.05, 4.69) is 20.9 Å². The van der Waals surface area contributed by atoms with E-state index in [0.717, 1.165) is 0 Å². The van der Waals surface area contributed by atoms with Crippen molar-refractivity contribution in [3.05, 3.63) is 0 Å². The molecule has 1 aliphatic rings. The molecule has 0 saturated carbocycles. The van der Waals surface area contributed by atoms with Gasteiger partial charge in [0.2, 0.25) is 5.91 Å². The van der Waals surface area contributed by atoms with Crippen molar-refractivity contribution in [2.75, 3.05) is 33.2 Å². The maximum atomic E-state index is 12.6. The molecule has 1 fully saturated rings. The van der Waals surface area contributed by atoms with E-state index in [-0.39, 0.29) is 67.8 Å². The summed E-state index contributed by atoms with van der Waals surface area (Å²) >= 11 is 0. The van der Waals surface area contributed by atoms with Gasteiger partial charge in [0.1, 0.15) is 0 Å². The van der Waals surface area contributed by atoms with Crippen LogP contribution < -0.4 is 16.0 Å². The topological polar surface area (TPSA) is 103 Å². The molecule has 1 rings (SSSR count). The smallest absolute Gasteiger partial charge is 0.355 e. The minimum absolute atomic E-state index is 0. The SMILES string of the molecule is CN=C(NCCNC(=O)C(C)C)NC1CCN(S(=O)(=O)C(F)(F)F)CC1.I. The predicted octanol–water partition coefficient (Wildman–Crippen LogP) is 0.856. The molecule has 1 heterocycles. The van der Waals surface area contributed by atoms with Gasteiger partial charge in [0, 0.05) is 45.2 Å². The highest BCUT2D eigenvalue weighted by atomic mass is 127. The molecular formula is C14H27F3IN5O3S. The molecule has 0 aromatic rings. The highest BCUT2D eigenvalue weighted by Gasteiger charge is 2.50. The van der Waals surface area contributed by atoms with Gasteiger partial charge < -0.3 is 16.0 Å². The Labute approximate surface area is 174 Å². The first-order chi connectivity index (χ1) is 12.0. The fraction of sp³-hybridized carbons (Fsp3) is 0.857. The van der Waals surface area contributed by atoms with Crippen LogP contribution in [-0.4, -0.2) is 69.4 Å². The summed E-state index contributed by atoms with van der Waals surface area (Å²) in [6.45, 7) is 3.99. The zero-order chi connectivity index (χ0) is 20.0. The maximum Gasteiger partial charge on any atom is 0.511 e. The first-order valence-corrected chi connectivity index (χ1v) is 9.74. The Hall–Kier alpha value is -0.830. The first kappa shape index (κ1) is 26.2. The summed E-state index contributed by atoms with van der Waals surface area (Å²) in [6, 6.07) is -0.189. The van der Waals surface area contributed by atoms with Crippen LogP contribution in [0.4, 0.5) is 13.2 Å². The van der Waals surface area contributed by atoms with Gasteiger partial charge in [0.25, 0.3) is 0 Å². The summed E-state index contributed by atoms with van der Waals surface area (Å²) in [4.78, 5) is 15.4. The Bertz CT molecular complexity index is 606. The van der Waals surface area contributed by atoms with Crippen molar-refractivity contribution in [2.24, 2.45) is 10.9 Å². The minimum atomic E-state index is -5.27. The number of nitrogens with one attached hydrogen (secondary N) is 3. The molecule has 0 bridgehead atoms. The standard InChI is InChI=1S/C14H26F3N5O3S.HI/c1-10(2)12(23)19-6-7-20-13(18-3)21-11-4-8-22(9-5-11)26(24,25)14(15,16)17;/h10-11H,4-9H2,1-3H3,(H,19,23)(H2,18,20,21);1H. The highest BCUT2D eigenvalue weighted by molar-refractivity contribution is 14.0. The molecule has 8 nitrogen and oxygen atoms in total. The number of amides is 1. The second-order valence-electron chi connectivity index (χ2n) is 6.21. The van der Waals surface area contributed by atoms with Crippen LogP contribution in [0, 0.1) is 5.92 Å². The number of piperidine rings is 1. The summed E-state index contributed by atoms with van der Waals surface area (Å²) in [5.74, 6) is 0.277. The van der Waals surface area contributed by atoms with Crippen LogP contribution in [0.25, 0.3) is 0 Å². The normalized spacial score (nSPS) is 17.4. The van der Waals surface area contributed by atoms with E-state index in [4.69, 9.17) is 0 Å². The number of carbonyl (C=O) groups excluding carboxylic acids is 1. The number of aliphatic imine (C=N–C) groups is 1. The third-order valence-corrected chi connectivity index (χ3v) is 5.52. The zero-order valence-corrected chi connectivity index (χ0v) is 18.6. The molecule has 13 heteroatoms. The van der Waals surface area contributed by atoms with E-state index in [1.165, 1.54) is 0 Å². The van der Waals surface area contributed by atoms with Gasteiger partial charge in [-0.3, -0.25) is 9.79 Å². The van der Waals surface area contributed by atoms with E-state index in [1.807, 2.05) is 0 Å². The Morgan fingerprint density at radius 2 is 1.70 bits per heavy atom. The third-order valence-electron chi connectivity index (χ3n) is 3.89. The molecule has 0 aliphatic carbocycles. The monoisotopic (exact) mass is 529 g/mol. The Kier molecular flexibility index (Phi) is 10.9. The van der Waals surface area contributed by atoms with Crippen molar-refractivity contribution in [3.63, 3.8) is 0 Å². The second kappa shape index (κ2) is 11.2. The highest BCUT2D eigenvalue weighted by Crippen LogP contribution is 2.28. The quantitative estimate of drug-likeness (QED) is 0.205. The van der Waals surface area contributed by atoms with Gasteiger partial charge in [-0.1, -0.05) is 13.8 Å². The maximum absolute atomic E-state index is 12.6. The molecule has 27 heavy (non-hydrogen) atoms. The van der Waals surface area contributed by atoms with Crippen molar-refractivity contribution >= 4 is 45.9 Å². The molecule has 160 valence electrons. The number of hydrogen-bond donors (Lipinski definition) is 3. The van der Waals surface area contributed by atoms with E-state index < -0.39 is 15.5 Å². The number of alkyl halides is 3. The van der Waals surface area contributed by atoms with Crippen LogP contribution in [0.5, 0.6) is 0 Å². The largest absolute Gasteiger partial charge is 0.511 e. The molecule has 0 aromatic heterocycles. The van der Waals surface area contributed by atoms with Crippen LogP contribution in [0.1, 0.15) is 26.7 Å². The third kappa shape index (κ3) is 7.97. The van der Waals surface area contributed by atoms with E-state index >= 15 is 0 Å². The van der Waals surface area contributed by atoms with Crippen molar-refractivity contribution in [3.8, 4) is 0 Å². The number of nitrogens with zero attached hydrogens (tertiary/aromatic N) is 2. The van der Waals surface area contributed by atoms with Crippen LogP contribution >= 0.6 is 24.0 Å². The van der Waals surface area contributed by atoms with Gasteiger partial charge in [-0.25, -0.2) is 8.42 Å². The number of carbonyl (C=O) groups is 1. The van der Waals surface area contributed by atoms with Crippen LogP contribution in [0.3, 0.4) is 0 Å². The Morgan fingerprint density at radius 3 is 2.15 bits per heavy atom. The average molecular weight is 529 g/mol. The fourth-order valence-electron chi connectivity index (χ4n) is 2.35. The molecule has 0 spiro atoms. The van der Waals surface area contributed by atoms with Crippen LogP contribution in [0.15, 0.2) is 4.99 Å². The molecule has 1 aliphatic heterocycles. The summed E-state index contributed by atoms with van der Waals surface area (Å²) < 4.78 is 60.9. The average Bonchev–Trinajstić information content (AvgIpc) is 2.56. The zero-order valence-electron chi connectivity index (χ0n) is 15.5. The lowest BCUT2D eigenvalue weighted by molar-refractivity contribution is -0.123. The van der Waals surface area contributed by atoms with E-state index in [1.54, 1.807) is 20.9 Å². The predicted molar refractivity (Wildman–Crippen MR) is 107 cm³/mol. The van der Waals surface area contributed by atoms with Crippen LogP contribution in [-0.2, 0) is 14.8 Å². The van der Waals surface area contributed by atoms with E-state index in [9.17, 15) is 26.4 Å². The lowest BCUT2D eigenvalue weighted by Crippen LogP contribution is -2.52. The molecule has 0 aromatic carbocycles. The van der Waals surface area contributed by atoms with Gasteiger partial charge >= 0.3 is 15.5 Å². The van der Waals surface area contributed by atoms with E-state index in [0.29, 0.717) is 23.4 Å². The molecule has 1 amide bonds. The van der Waals surface area contributed by atoms with Gasteiger partial charge in [0.15, 0.2) is 5.96 Å². The van der Waals surface area contributed by atoms with Crippen molar-refractivity contribution in [1.82, 2.24) is 20.3 Å². The lowest BCUT2D eigenvalue weighted by Gasteiger charge is -2.32. The van der Waals surface area contributed by atoms with Crippen molar-refractivity contribution in [1.29, 1.82) is 0 Å². The first-order valence-electron chi connectivity index (χ1n) is 8.30. The lowest BCUT2D eigenvalue weighted by atomic mass is 10.1. The minimum Gasteiger partial charge on any atom is -0.355 e. The van der Waals surface area contributed by atoms with Crippen molar-refractivity contribution in [2.45, 2.75) is 38.2 Å². The molecule has 0 unspecified atom stereocenters. The summed E-state index contributed by atoms with van der Waals surface area (Å²) in [6.07, 6.45) is 0.472. The fourth-order valence-corrected chi connectivity index (χ4v) is 3.33. The Morgan fingerprint density at radius 1 is 1.19 bits per heavy atom. The summed E-state index contributed by atoms with van der Waals surface area (Å²) in [5, 5.41) is 8.78. The number of hydrogen-bond acceptors (Lipinski definition) is 4. The molecule has 0 atom stereocenters. The summed E-state index contributed by atoms with van der Waals surface area (Å²) in [5.41, 5.74) is -5.27.